The Balaban J connectivity index is 1.26. The average Bonchev–Trinajstić information content (AvgIpc) is 3.68. The molecule has 12 heteroatoms. The molecule has 1 N–H and O–H groups in total. The van der Waals surface area contributed by atoms with Crippen molar-refractivity contribution in [1.29, 1.82) is 0 Å². The zero-order valence-electron chi connectivity index (χ0n) is 24.0. The fraction of sp³-hybridized carbons (Fsp3) is 0.300. The van der Waals surface area contributed by atoms with Crippen molar-refractivity contribution in [2.24, 2.45) is 0 Å². The molecule has 1 atom stereocenters. The molecule has 2 aromatic carbocycles. The van der Waals surface area contributed by atoms with Crippen LogP contribution in [-0.4, -0.2) is 57.2 Å². The number of anilines is 1. The lowest BCUT2D eigenvalue weighted by atomic mass is 9.92. The number of carbonyl (C=O) groups excluding carboxylic acids is 1. The van der Waals surface area contributed by atoms with E-state index >= 15 is 4.39 Å². The molecule has 0 radical (unpaired) electrons. The van der Waals surface area contributed by atoms with E-state index in [1.165, 1.54) is 6.07 Å². The number of ether oxygens (including phenoxy) is 2. The van der Waals surface area contributed by atoms with Gasteiger partial charge in [-0.1, -0.05) is 56.0 Å². The summed E-state index contributed by atoms with van der Waals surface area (Å²) in [5, 5.41) is 11.4. The van der Waals surface area contributed by atoms with Gasteiger partial charge in [0.15, 0.2) is 17.3 Å². The van der Waals surface area contributed by atoms with Gasteiger partial charge in [-0.15, -0.1) is 0 Å². The van der Waals surface area contributed by atoms with Crippen LogP contribution in [0.15, 0.2) is 67.0 Å². The number of hydrogen-bond donors (Lipinski definition) is 1. The van der Waals surface area contributed by atoms with Crippen molar-refractivity contribution < 1.29 is 18.7 Å². The third-order valence-corrected chi connectivity index (χ3v) is 9.12. The van der Waals surface area contributed by atoms with Crippen LogP contribution in [0, 0.1) is 5.82 Å². The molecule has 6 rings (SSSR count). The number of nitrogens with one attached hydrogen (secondary N) is 1. The van der Waals surface area contributed by atoms with Crippen LogP contribution >= 0.6 is 0 Å². The molecule has 0 bridgehead atoms. The van der Waals surface area contributed by atoms with Crippen molar-refractivity contribution in [3.63, 3.8) is 0 Å². The number of halogens is 1. The maximum atomic E-state index is 15.4. The summed E-state index contributed by atoms with van der Waals surface area (Å²) in [6.07, 6.45) is 2.87. The molecule has 10 nitrogen and oxygen atoms in total. The van der Waals surface area contributed by atoms with Gasteiger partial charge in [0.25, 0.3) is 0 Å². The summed E-state index contributed by atoms with van der Waals surface area (Å²) < 4.78 is 28.2. The second-order valence-electron chi connectivity index (χ2n) is 11.8. The van der Waals surface area contributed by atoms with Gasteiger partial charge in [0.1, 0.15) is 30.4 Å². The highest BCUT2D eigenvalue weighted by molar-refractivity contribution is 6.76. The summed E-state index contributed by atoms with van der Waals surface area (Å²) in [5.41, 5.74) is 2.13. The van der Waals surface area contributed by atoms with E-state index in [0.29, 0.717) is 41.6 Å². The van der Waals surface area contributed by atoms with Gasteiger partial charge in [-0.05, 0) is 42.3 Å². The molecule has 0 saturated carbocycles. The van der Waals surface area contributed by atoms with E-state index in [9.17, 15) is 4.79 Å². The number of fused-ring (bicyclic) bond motifs is 1. The lowest BCUT2D eigenvalue weighted by Crippen LogP contribution is -2.42. The Hall–Kier alpha value is -4.42. The van der Waals surface area contributed by atoms with Crippen LogP contribution in [0.1, 0.15) is 18.3 Å². The summed E-state index contributed by atoms with van der Waals surface area (Å²) in [5.74, 6) is 0.741. The minimum atomic E-state index is -1.18. The van der Waals surface area contributed by atoms with Gasteiger partial charge in [-0.3, -0.25) is 5.10 Å². The molecular weight excluding hydrogens is 553 g/mol. The number of H-pyrrole nitrogens is 1. The Labute approximate surface area is 243 Å². The first kappa shape index (κ1) is 27.7. The van der Waals surface area contributed by atoms with Gasteiger partial charge < -0.3 is 9.47 Å². The number of benzene rings is 2. The van der Waals surface area contributed by atoms with Gasteiger partial charge in [-0.2, -0.15) is 10.2 Å². The van der Waals surface area contributed by atoms with Gasteiger partial charge in [-0.25, -0.2) is 28.6 Å². The number of cyclic esters (lactones) is 1. The molecule has 1 fully saturated rings. The number of hydrogen-bond acceptors (Lipinski definition) is 7. The molecule has 0 aliphatic carbocycles. The largest absolute Gasteiger partial charge is 0.446 e. The second-order valence-corrected chi connectivity index (χ2v) is 17.4. The Morgan fingerprint density at radius 3 is 2.67 bits per heavy atom. The second kappa shape index (κ2) is 10.8. The molecule has 4 heterocycles. The third kappa shape index (κ3) is 5.30. The Kier molecular flexibility index (Phi) is 7.11. The number of carbonyl (C=O) groups is 1. The van der Waals surface area contributed by atoms with Crippen molar-refractivity contribution >= 4 is 25.6 Å². The highest BCUT2D eigenvalue weighted by Gasteiger charge is 2.46. The lowest BCUT2D eigenvalue weighted by molar-refractivity contribution is 0.127. The van der Waals surface area contributed by atoms with Crippen LogP contribution < -0.4 is 4.90 Å². The zero-order chi connectivity index (χ0) is 29.5. The average molecular weight is 586 g/mol. The molecule has 1 amide bonds. The van der Waals surface area contributed by atoms with Crippen LogP contribution in [0.25, 0.3) is 28.2 Å². The molecule has 1 aliphatic heterocycles. The van der Waals surface area contributed by atoms with Gasteiger partial charge in [0, 0.05) is 26.4 Å². The monoisotopic (exact) mass is 585 g/mol. The van der Waals surface area contributed by atoms with Crippen LogP contribution in [0.2, 0.25) is 25.7 Å². The minimum Gasteiger partial charge on any atom is -0.446 e. The smallest absolute Gasteiger partial charge is 0.416 e. The summed E-state index contributed by atoms with van der Waals surface area (Å²) in [4.78, 5) is 23.7. The summed E-state index contributed by atoms with van der Waals surface area (Å²) >= 11 is 0. The first-order valence-electron chi connectivity index (χ1n) is 13.8. The Morgan fingerprint density at radius 2 is 1.90 bits per heavy atom. The minimum absolute atomic E-state index is 0.190. The number of nitrogens with zero attached hydrogens (tertiary/aromatic N) is 6. The first-order chi connectivity index (χ1) is 20.1. The van der Waals surface area contributed by atoms with E-state index in [4.69, 9.17) is 14.5 Å². The van der Waals surface area contributed by atoms with Crippen molar-refractivity contribution in [1.82, 2.24) is 29.8 Å². The maximum absolute atomic E-state index is 15.4. The number of aromatic amines is 1. The SMILES string of the molecule is C[C@]1(c2ccccc2)COC(=O)N1c1ccn2ncc(-c3ccc(-c4n[nH]c(COCC[Si](C)(C)C)n4)c(F)c3)c2n1. The van der Waals surface area contributed by atoms with Crippen LogP contribution in [-0.2, 0) is 21.6 Å². The predicted molar refractivity (Wildman–Crippen MR) is 159 cm³/mol. The van der Waals surface area contributed by atoms with E-state index in [2.05, 4.69) is 39.9 Å². The standard InChI is InChI=1S/C30H32FN7O3Si/c1-30(21-8-6-5-7-9-21)19-41-29(39)38(30)26-12-13-37-28(34-26)23(17-32-37)20-10-11-22(24(31)16-20)27-33-25(35-36-27)18-40-14-15-42(2,3)4/h5-13,16-17H,14-15,18-19H2,1-4H3,(H,33,35,36)/t30-/m1/s1. The van der Waals surface area contributed by atoms with Crippen LogP contribution in [0.5, 0.6) is 0 Å². The fourth-order valence-corrected chi connectivity index (χ4v) is 5.72. The number of rotatable bonds is 9. The van der Waals surface area contributed by atoms with E-state index in [-0.39, 0.29) is 18.0 Å². The molecule has 1 aliphatic rings. The van der Waals surface area contributed by atoms with Crippen LogP contribution in [0.4, 0.5) is 15.0 Å². The number of amides is 1. The molecule has 0 spiro atoms. The molecule has 3 aromatic heterocycles. The van der Waals surface area contributed by atoms with E-state index in [1.54, 1.807) is 40.0 Å². The van der Waals surface area contributed by atoms with Crippen molar-refractivity contribution in [2.75, 3.05) is 18.1 Å². The van der Waals surface area contributed by atoms with Crippen LogP contribution in [0.3, 0.4) is 0 Å². The Bertz CT molecular complexity index is 1750. The van der Waals surface area contributed by atoms with Gasteiger partial charge >= 0.3 is 6.09 Å². The van der Waals surface area contributed by atoms with E-state index < -0.39 is 25.5 Å². The predicted octanol–water partition coefficient (Wildman–Crippen LogP) is 6.05. The van der Waals surface area contributed by atoms with Gasteiger partial charge in [0.2, 0.25) is 0 Å². The topological polar surface area (TPSA) is 111 Å². The lowest BCUT2D eigenvalue weighted by Gasteiger charge is -2.31. The fourth-order valence-electron chi connectivity index (χ4n) is 4.97. The quantitative estimate of drug-likeness (QED) is 0.166. The summed E-state index contributed by atoms with van der Waals surface area (Å²) in [6.45, 7) is 9.97. The summed E-state index contributed by atoms with van der Waals surface area (Å²) in [6, 6.07) is 17.3. The highest BCUT2D eigenvalue weighted by atomic mass is 28.3. The first-order valence-corrected chi connectivity index (χ1v) is 17.5. The third-order valence-electron chi connectivity index (χ3n) is 7.42. The van der Waals surface area contributed by atoms with Crippen molar-refractivity contribution in [2.45, 2.75) is 44.8 Å². The van der Waals surface area contributed by atoms with Crippen molar-refractivity contribution in [3.05, 3.63) is 84.2 Å². The number of aromatic nitrogens is 6. The van der Waals surface area contributed by atoms with Crippen molar-refractivity contribution in [3.8, 4) is 22.5 Å². The maximum Gasteiger partial charge on any atom is 0.416 e. The zero-order valence-corrected chi connectivity index (χ0v) is 25.0. The Morgan fingerprint density at radius 1 is 1.10 bits per heavy atom. The summed E-state index contributed by atoms with van der Waals surface area (Å²) in [7, 11) is -1.18. The molecule has 5 aromatic rings. The van der Waals surface area contributed by atoms with E-state index in [1.807, 2.05) is 37.3 Å². The molecule has 1 saturated heterocycles. The normalized spacial score (nSPS) is 17.3. The molecule has 42 heavy (non-hydrogen) atoms. The van der Waals surface area contributed by atoms with Gasteiger partial charge in [0.05, 0.1) is 11.8 Å². The van der Waals surface area contributed by atoms with E-state index in [0.717, 1.165) is 11.6 Å². The molecule has 0 unspecified atom stereocenters. The highest BCUT2D eigenvalue weighted by Crippen LogP contribution is 2.38. The molecular formula is C30H32FN7O3Si. The molecule has 216 valence electrons.